The monoisotopic (exact) mass is 223 g/mol. The van der Waals surface area contributed by atoms with E-state index in [2.05, 4.69) is 14.9 Å². The van der Waals surface area contributed by atoms with Crippen molar-refractivity contribution in [3.05, 3.63) is 18.2 Å². The summed E-state index contributed by atoms with van der Waals surface area (Å²) in [5.41, 5.74) is 0. The van der Waals surface area contributed by atoms with Gasteiger partial charge in [0, 0.05) is 0 Å². The fourth-order valence-electron chi connectivity index (χ4n) is 0.498. The predicted molar refractivity (Wildman–Crippen MR) is 28.2 cm³/mol. The molecule has 1 aromatic rings. The number of nitrogens with zero attached hydrogens (tertiary/aromatic N) is 1. The fourth-order valence-corrected chi connectivity index (χ4v) is 1.64. The summed E-state index contributed by atoms with van der Waals surface area (Å²) in [4.78, 5) is 9.38. The summed E-state index contributed by atoms with van der Waals surface area (Å²) in [6.45, 7) is 0. The van der Waals surface area contributed by atoms with Gasteiger partial charge >= 0.3 is 58.7 Å². The molecule has 0 aliphatic rings. The zero-order chi connectivity index (χ0) is 5.82. The zero-order valence-electron chi connectivity index (χ0n) is 4.69. The number of aromatic amines is 1. The van der Waals surface area contributed by atoms with E-state index in [0.29, 0.717) is 21.2 Å². The van der Waals surface area contributed by atoms with Gasteiger partial charge < -0.3 is 0 Å². The van der Waals surface area contributed by atoms with E-state index in [-0.39, 0.29) is 0 Å². The molecule has 0 amide bonds. The molecule has 3 heteroatoms. The van der Waals surface area contributed by atoms with E-state index in [1.165, 1.54) is 4.43 Å². The van der Waals surface area contributed by atoms with E-state index in [4.69, 9.17) is 0 Å². The molecule has 0 unspecified atom stereocenters. The Kier molecular flexibility index (Phi) is 2.32. The molecule has 0 aliphatic heterocycles. The van der Waals surface area contributed by atoms with Gasteiger partial charge in [-0.15, -0.1) is 0 Å². The molecule has 1 rings (SSSR count). The number of hydrogen-bond acceptors (Lipinski definition) is 1. The van der Waals surface area contributed by atoms with Crippen LogP contribution in [0.2, 0.25) is 0 Å². The van der Waals surface area contributed by atoms with Gasteiger partial charge in [0.05, 0.1) is 0 Å². The Labute approximate surface area is 59.0 Å². The van der Waals surface area contributed by atoms with E-state index in [1.807, 2.05) is 6.20 Å². The summed E-state index contributed by atoms with van der Waals surface area (Å²) < 4.78 is 1.17. The van der Waals surface area contributed by atoms with Gasteiger partial charge in [0.25, 0.3) is 0 Å². The zero-order valence-corrected chi connectivity index (χ0v) is 6.84. The van der Waals surface area contributed by atoms with Crippen LogP contribution in [-0.4, -0.2) is 14.9 Å². The molecular formula is C5H8IN2-. The molecule has 1 heterocycles. The quantitative estimate of drug-likeness (QED) is 0.440. The van der Waals surface area contributed by atoms with Crippen LogP contribution in [0.4, 0.5) is 0 Å². The van der Waals surface area contributed by atoms with E-state index >= 15 is 0 Å². The first-order valence-corrected chi connectivity index (χ1v) is 6.04. The van der Waals surface area contributed by atoms with Crippen molar-refractivity contribution in [3.8, 4) is 0 Å². The summed E-state index contributed by atoms with van der Waals surface area (Å²) in [5.74, 6) is 1.14. The topological polar surface area (TPSA) is 28.7 Å². The average Bonchev–Trinajstić information content (AvgIpc) is 2.19. The summed E-state index contributed by atoms with van der Waals surface area (Å²) in [6, 6.07) is 0. The van der Waals surface area contributed by atoms with Gasteiger partial charge in [0.2, 0.25) is 0 Å². The first-order valence-electron chi connectivity index (χ1n) is 2.35. The molecule has 0 spiro atoms. The maximum absolute atomic E-state index is 4.08. The summed E-state index contributed by atoms with van der Waals surface area (Å²) in [5, 5.41) is 0. The molecule has 0 aromatic carbocycles. The molecule has 0 atom stereocenters. The van der Waals surface area contributed by atoms with Crippen molar-refractivity contribution in [1.82, 2.24) is 9.97 Å². The Morgan fingerprint density at radius 3 is 3.25 bits per heavy atom. The molecule has 1 N–H and O–H groups in total. The van der Waals surface area contributed by atoms with Crippen molar-refractivity contribution in [2.45, 2.75) is 4.43 Å². The maximum atomic E-state index is 4.08. The first-order chi connectivity index (χ1) is 3.93. The standard InChI is InChI=1S/C5H8IN2/c1-6-4-5-7-2-3-8-5/h2-3H,4H2,1H3,(H,7,8)/q-1. The molecule has 0 radical (unpaired) electrons. The second kappa shape index (κ2) is 3.06. The van der Waals surface area contributed by atoms with E-state index in [0.717, 1.165) is 5.82 Å². The van der Waals surface area contributed by atoms with Gasteiger partial charge in [-0.3, -0.25) is 0 Å². The average molecular weight is 223 g/mol. The summed E-state index contributed by atoms with van der Waals surface area (Å²) in [7, 11) is 0. The second-order valence-corrected chi connectivity index (χ2v) is 3.73. The molecule has 0 saturated heterocycles. The summed E-state index contributed by atoms with van der Waals surface area (Å²) >= 11 is 0.361. The van der Waals surface area contributed by atoms with Crippen molar-refractivity contribution in [2.24, 2.45) is 0 Å². The van der Waals surface area contributed by atoms with Gasteiger partial charge in [-0.25, -0.2) is 0 Å². The van der Waals surface area contributed by atoms with E-state index in [1.54, 1.807) is 6.20 Å². The van der Waals surface area contributed by atoms with Gasteiger partial charge in [-0.05, 0) is 0 Å². The molecule has 0 saturated carbocycles. The van der Waals surface area contributed by atoms with Gasteiger partial charge in [0.1, 0.15) is 0 Å². The number of alkyl halides is 2. The number of hydrogen-bond donors (Lipinski definition) is 1. The van der Waals surface area contributed by atoms with E-state index < -0.39 is 0 Å². The molecule has 0 aliphatic carbocycles. The minimum atomic E-state index is 0.361. The van der Waals surface area contributed by atoms with E-state index in [9.17, 15) is 0 Å². The minimum absolute atomic E-state index is 0.361. The van der Waals surface area contributed by atoms with Crippen molar-refractivity contribution in [3.63, 3.8) is 0 Å². The third-order valence-corrected chi connectivity index (χ3v) is 2.30. The van der Waals surface area contributed by atoms with Crippen LogP contribution < -0.4 is 21.2 Å². The molecule has 46 valence electrons. The predicted octanol–water partition coefficient (Wildman–Crippen LogP) is -2.37. The fraction of sp³-hybridized carbons (Fsp3) is 0.400. The number of nitrogens with one attached hydrogen (secondary N) is 1. The Balaban J connectivity index is 2.50. The van der Waals surface area contributed by atoms with Crippen LogP contribution in [0.1, 0.15) is 5.82 Å². The Morgan fingerprint density at radius 1 is 1.88 bits per heavy atom. The second-order valence-electron chi connectivity index (χ2n) is 1.44. The van der Waals surface area contributed by atoms with Crippen molar-refractivity contribution >= 4 is 0 Å². The Bertz CT molecular complexity index is 136. The normalized spacial score (nSPS) is 10.1. The van der Waals surface area contributed by atoms with Crippen LogP contribution >= 0.6 is 0 Å². The number of imidazole rings is 1. The molecular weight excluding hydrogens is 215 g/mol. The Hall–Kier alpha value is -0.0600. The molecule has 0 bridgehead atoms. The number of aromatic nitrogens is 2. The molecule has 0 fully saturated rings. The van der Waals surface area contributed by atoms with Crippen LogP contribution in [0.5, 0.6) is 0 Å². The van der Waals surface area contributed by atoms with Gasteiger partial charge in [-0.1, -0.05) is 0 Å². The third-order valence-electron chi connectivity index (χ3n) is 0.815. The van der Waals surface area contributed by atoms with Crippen molar-refractivity contribution < 1.29 is 21.2 Å². The molecule has 8 heavy (non-hydrogen) atoms. The van der Waals surface area contributed by atoms with Gasteiger partial charge in [0.15, 0.2) is 0 Å². The van der Waals surface area contributed by atoms with Crippen LogP contribution in [0.15, 0.2) is 12.4 Å². The van der Waals surface area contributed by atoms with Crippen molar-refractivity contribution in [1.29, 1.82) is 0 Å². The molecule has 1 aromatic heterocycles. The van der Waals surface area contributed by atoms with Crippen LogP contribution in [-0.2, 0) is 4.43 Å². The number of halogens is 1. The van der Waals surface area contributed by atoms with Crippen LogP contribution in [0, 0.1) is 0 Å². The Morgan fingerprint density at radius 2 is 2.75 bits per heavy atom. The third kappa shape index (κ3) is 1.47. The number of rotatable bonds is 2. The van der Waals surface area contributed by atoms with Crippen molar-refractivity contribution in [2.75, 3.05) is 4.93 Å². The SMILES string of the molecule is C[I-]Cc1ncc[nH]1. The number of H-pyrrole nitrogens is 1. The first kappa shape index (κ1) is 6.07. The van der Waals surface area contributed by atoms with Gasteiger partial charge in [-0.2, -0.15) is 0 Å². The molecule has 2 nitrogen and oxygen atoms in total. The van der Waals surface area contributed by atoms with Crippen LogP contribution in [0.3, 0.4) is 0 Å². The summed E-state index contributed by atoms with van der Waals surface area (Å²) in [6.07, 6.45) is 3.67. The van der Waals surface area contributed by atoms with Crippen LogP contribution in [0.25, 0.3) is 0 Å².